The van der Waals surface area contributed by atoms with Crippen LogP contribution in [0, 0.1) is 11.3 Å². The Morgan fingerprint density at radius 2 is 1.62 bits per heavy atom. The number of hydrogen-bond donors (Lipinski definition) is 2. The van der Waals surface area contributed by atoms with Crippen molar-refractivity contribution >= 4 is 44.2 Å². The predicted molar refractivity (Wildman–Crippen MR) is 139 cm³/mol. The molecule has 2 fully saturated rings. The van der Waals surface area contributed by atoms with Crippen LogP contribution in [-0.2, 0) is 14.6 Å². The van der Waals surface area contributed by atoms with E-state index in [9.17, 15) is 23.3 Å². The van der Waals surface area contributed by atoms with Crippen molar-refractivity contribution in [1.82, 2.24) is 10.6 Å². The zero-order chi connectivity index (χ0) is 26.4. The fraction of sp³-hybridized carbons (Fsp3) is 0.370. The van der Waals surface area contributed by atoms with Gasteiger partial charge in [-0.1, -0.05) is 49.1 Å². The van der Waals surface area contributed by atoms with Crippen LogP contribution in [0.1, 0.15) is 55.5 Å². The Morgan fingerprint density at radius 1 is 0.973 bits per heavy atom. The molecule has 0 spiro atoms. The molecule has 2 aliphatic carbocycles. The number of nitrogens with zero attached hydrogens (tertiary/aromatic N) is 1. The van der Waals surface area contributed by atoms with E-state index in [1.807, 2.05) is 6.07 Å². The van der Waals surface area contributed by atoms with E-state index >= 15 is 0 Å². The van der Waals surface area contributed by atoms with Crippen molar-refractivity contribution in [1.29, 1.82) is 5.26 Å². The van der Waals surface area contributed by atoms with Gasteiger partial charge in [0.25, 0.3) is 5.91 Å². The highest BCUT2D eigenvalue weighted by atomic mass is 35.5. The first-order valence-electron chi connectivity index (χ1n) is 12.1. The second kappa shape index (κ2) is 9.19. The summed E-state index contributed by atoms with van der Waals surface area (Å²) in [4.78, 5) is 26.8. The molecular formula is C27H26ClN3O5S. The second-order valence-electron chi connectivity index (χ2n) is 10.00. The summed E-state index contributed by atoms with van der Waals surface area (Å²) in [6.45, 7) is 0. The molecule has 0 bridgehead atoms. The average molecular weight is 540 g/mol. The topological polar surface area (TPSA) is 129 Å². The Kier molecular flexibility index (Phi) is 6.29. The summed E-state index contributed by atoms with van der Waals surface area (Å²) in [6.07, 6.45) is 5.83. The maximum Gasteiger partial charge on any atom is 0.289 e. The number of halogens is 1. The maximum atomic E-state index is 13.4. The molecule has 5 rings (SSSR count). The molecule has 10 heteroatoms. The van der Waals surface area contributed by atoms with Gasteiger partial charge in [0.2, 0.25) is 11.7 Å². The highest BCUT2D eigenvalue weighted by Gasteiger charge is 2.50. The van der Waals surface area contributed by atoms with Gasteiger partial charge in [-0.05, 0) is 61.1 Å². The van der Waals surface area contributed by atoms with E-state index in [-0.39, 0.29) is 21.6 Å². The fourth-order valence-corrected chi connectivity index (χ4v) is 5.76. The SMILES string of the molecule is CS(=O)(=O)c1ccc(-c2ccc3c(Cl)c(C(=O)NC4(C(=O)NC5(C#N)CC5)CCCCC4)oc3c2)cc1. The molecule has 0 saturated heterocycles. The molecule has 37 heavy (non-hydrogen) atoms. The average Bonchev–Trinajstić information content (AvgIpc) is 3.58. The minimum absolute atomic E-state index is 0.0830. The molecule has 1 heterocycles. The Bertz CT molecular complexity index is 1540. The van der Waals surface area contributed by atoms with Crippen LogP contribution >= 0.6 is 11.6 Å². The van der Waals surface area contributed by atoms with E-state index in [0.29, 0.717) is 36.7 Å². The van der Waals surface area contributed by atoms with E-state index in [2.05, 4.69) is 16.7 Å². The molecule has 1 aromatic heterocycles. The number of benzene rings is 2. The van der Waals surface area contributed by atoms with Gasteiger partial charge in [-0.2, -0.15) is 5.26 Å². The highest BCUT2D eigenvalue weighted by molar-refractivity contribution is 7.90. The molecule has 192 valence electrons. The Morgan fingerprint density at radius 3 is 2.22 bits per heavy atom. The summed E-state index contributed by atoms with van der Waals surface area (Å²) >= 11 is 6.54. The molecule has 2 amide bonds. The molecule has 2 saturated carbocycles. The molecule has 0 radical (unpaired) electrons. The number of carbonyl (C=O) groups is 2. The van der Waals surface area contributed by atoms with Crippen LogP contribution in [0.15, 0.2) is 51.8 Å². The number of carbonyl (C=O) groups excluding carboxylic acids is 2. The van der Waals surface area contributed by atoms with Crippen LogP contribution in [0.2, 0.25) is 5.02 Å². The van der Waals surface area contributed by atoms with Crippen molar-refractivity contribution in [3.8, 4) is 17.2 Å². The standard InChI is InChI=1S/C27H26ClN3O5S/c1-37(34,35)19-8-5-17(6-9-19)18-7-10-20-21(15-18)36-23(22(20)28)24(32)30-27(11-3-2-4-12-27)25(33)31-26(16-29)13-14-26/h5-10,15H,2-4,11-14H2,1H3,(H,30,32)(H,31,33). The van der Waals surface area contributed by atoms with Crippen LogP contribution in [-0.4, -0.2) is 37.6 Å². The van der Waals surface area contributed by atoms with Crippen molar-refractivity contribution in [3.63, 3.8) is 0 Å². The van der Waals surface area contributed by atoms with Gasteiger partial charge in [0.1, 0.15) is 16.7 Å². The number of fused-ring (bicyclic) bond motifs is 1. The number of nitriles is 1. The summed E-state index contributed by atoms with van der Waals surface area (Å²) in [5.41, 5.74) is -0.0321. The Labute approximate surface area is 219 Å². The van der Waals surface area contributed by atoms with Gasteiger partial charge in [0, 0.05) is 11.6 Å². The summed E-state index contributed by atoms with van der Waals surface area (Å²) in [6, 6.07) is 13.9. The molecule has 2 aliphatic rings. The van der Waals surface area contributed by atoms with Gasteiger partial charge in [0.15, 0.2) is 9.84 Å². The lowest BCUT2D eigenvalue weighted by Gasteiger charge is -2.37. The van der Waals surface area contributed by atoms with Crippen molar-refractivity contribution in [2.45, 2.75) is 60.9 Å². The molecule has 3 aromatic rings. The Hall–Kier alpha value is -3.35. The number of nitrogens with one attached hydrogen (secondary N) is 2. The van der Waals surface area contributed by atoms with Crippen LogP contribution in [0.4, 0.5) is 0 Å². The van der Waals surface area contributed by atoms with Gasteiger partial charge in [-0.25, -0.2) is 8.42 Å². The maximum absolute atomic E-state index is 13.4. The van der Waals surface area contributed by atoms with Crippen LogP contribution < -0.4 is 10.6 Å². The van der Waals surface area contributed by atoms with Crippen LogP contribution in [0.5, 0.6) is 0 Å². The van der Waals surface area contributed by atoms with Crippen LogP contribution in [0.3, 0.4) is 0 Å². The van der Waals surface area contributed by atoms with Gasteiger partial charge in [-0.3, -0.25) is 9.59 Å². The van der Waals surface area contributed by atoms with E-state index in [4.69, 9.17) is 16.0 Å². The largest absolute Gasteiger partial charge is 0.449 e. The lowest BCUT2D eigenvalue weighted by atomic mass is 9.80. The van der Waals surface area contributed by atoms with E-state index in [1.165, 1.54) is 12.1 Å². The normalized spacial score (nSPS) is 18.1. The summed E-state index contributed by atoms with van der Waals surface area (Å²) in [5, 5.41) is 15.8. The third-order valence-electron chi connectivity index (χ3n) is 7.26. The smallest absolute Gasteiger partial charge is 0.289 e. The Balaban J connectivity index is 1.42. The monoisotopic (exact) mass is 539 g/mol. The quantitative estimate of drug-likeness (QED) is 0.464. The minimum Gasteiger partial charge on any atom is -0.449 e. The summed E-state index contributed by atoms with van der Waals surface area (Å²) in [5.74, 6) is -1.01. The van der Waals surface area contributed by atoms with Gasteiger partial charge in [-0.15, -0.1) is 0 Å². The third kappa shape index (κ3) is 4.83. The summed E-state index contributed by atoms with van der Waals surface area (Å²) in [7, 11) is -3.30. The zero-order valence-corrected chi connectivity index (χ0v) is 21.8. The fourth-order valence-electron chi connectivity index (χ4n) is 4.85. The third-order valence-corrected chi connectivity index (χ3v) is 8.77. The molecule has 2 aromatic carbocycles. The zero-order valence-electron chi connectivity index (χ0n) is 20.3. The molecule has 0 aliphatic heterocycles. The molecule has 2 N–H and O–H groups in total. The number of hydrogen-bond acceptors (Lipinski definition) is 6. The lowest BCUT2D eigenvalue weighted by molar-refractivity contribution is -0.129. The van der Waals surface area contributed by atoms with Gasteiger partial charge in [0.05, 0.1) is 16.0 Å². The minimum atomic E-state index is -3.30. The van der Waals surface area contributed by atoms with Crippen molar-refractivity contribution < 1.29 is 22.4 Å². The molecule has 0 unspecified atom stereocenters. The number of amides is 2. The van der Waals surface area contributed by atoms with Crippen molar-refractivity contribution in [2.24, 2.45) is 0 Å². The lowest BCUT2D eigenvalue weighted by Crippen LogP contribution is -2.61. The van der Waals surface area contributed by atoms with E-state index in [0.717, 1.165) is 36.6 Å². The first-order chi connectivity index (χ1) is 17.6. The van der Waals surface area contributed by atoms with E-state index < -0.39 is 26.8 Å². The van der Waals surface area contributed by atoms with Crippen molar-refractivity contribution in [3.05, 3.63) is 53.2 Å². The first kappa shape index (κ1) is 25.3. The number of furan rings is 1. The number of sulfone groups is 1. The highest BCUT2D eigenvalue weighted by Crippen LogP contribution is 2.38. The van der Waals surface area contributed by atoms with Gasteiger partial charge >= 0.3 is 0 Å². The van der Waals surface area contributed by atoms with Gasteiger partial charge < -0.3 is 15.1 Å². The second-order valence-corrected chi connectivity index (χ2v) is 12.4. The molecule has 8 nitrogen and oxygen atoms in total. The summed E-state index contributed by atoms with van der Waals surface area (Å²) < 4.78 is 29.4. The number of rotatable bonds is 6. The van der Waals surface area contributed by atoms with E-state index in [1.54, 1.807) is 24.3 Å². The molecular weight excluding hydrogens is 514 g/mol. The predicted octanol–water partition coefficient (Wildman–Crippen LogP) is 4.76. The van der Waals surface area contributed by atoms with Crippen molar-refractivity contribution in [2.75, 3.05) is 6.26 Å². The first-order valence-corrected chi connectivity index (χ1v) is 14.4. The van der Waals surface area contributed by atoms with Crippen LogP contribution in [0.25, 0.3) is 22.1 Å². The molecule has 0 atom stereocenters.